The quantitative estimate of drug-likeness (QED) is 0.704. The molecule has 0 atom stereocenters. The van der Waals surface area contributed by atoms with Gasteiger partial charge in [-0.15, -0.1) is 0 Å². The molecule has 3 aromatic rings. The van der Waals surface area contributed by atoms with Crippen molar-refractivity contribution in [3.63, 3.8) is 0 Å². The first-order chi connectivity index (χ1) is 14.1. The first kappa shape index (κ1) is 19.3. The molecule has 0 amide bonds. The molecule has 0 saturated carbocycles. The van der Waals surface area contributed by atoms with Gasteiger partial charge in [-0.1, -0.05) is 30.3 Å². The second kappa shape index (κ2) is 8.53. The summed E-state index contributed by atoms with van der Waals surface area (Å²) in [5.41, 5.74) is 2.27. The van der Waals surface area contributed by atoms with Gasteiger partial charge >= 0.3 is 0 Å². The Morgan fingerprint density at radius 2 is 1.69 bits per heavy atom. The van der Waals surface area contributed by atoms with Gasteiger partial charge in [-0.3, -0.25) is 4.90 Å². The van der Waals surface area contributed by atoms with E-state index in [1.165, 1.54) is 17.7 Å². The topological polar surface area (TPSA) is 44.3 Å². The van der Waals surface area contributed by atoms with Gasteiger partial charge in [0.2, 0.25) is 5.95 Å². The van der Waals surface area contributed by atoms with Crippen molar-refractivity contribution >= 4 is 17.5 Å². The van der Waals surface area contributed by atoms with Gasteiger partial charge in [0.05, 0.1) is 5.69 Å². The molecule has 0 aliphatic carbocycles. The number of nitrogens with zero attached hydrogens (tertiary/aromatic N) is 4. The van der Waals surface area contributed by atoms with E-state index in [1.807, 2.05) is 13.0 Å². The van der Waals surface area contributed by atoms with Crippen molar-refractivity contribution in [3.8, 4) is 0 Å². The Bertz CT molecular complexity index is 972. The molecule has 1 N–H and O–H groups in total. The second-order valence-corrected chi connectivity index (χ2v) is 7.19. The highest BCUT2D eigenvalue weighted by Gasteiger charge is 2.20. The highest BCUT2D eigenvalue weighted by Crippen LogP contribution is 2.22. The molecule has 2 heterocycles. The van der Waals surface area contributed by atoms with Crippen molar-refractivity contribution in [1.82, 2.24) is 14.9 Å². The third-order valence-electron chi connectivity index (χ3n) is 4.94. The lowest BCUT2D eigenvalue weighted by molar-refractivity contribution is 0.248. The van der Waals surface area contributed by atoms with Gasteiger partial charge in [0.25, 0.3) is 0 Å². The monoisotopic (exact) mass is 395 g/mol. The minimum atomic E-state index is -0.655. The molecule has 1 fully saturated rings. The number of benzene rings is 2. The fraction of sp³-hybridized carbons (Fsp3) is 0.273. The molecule has 5 nitrogen and oxygen atoms in total. The summed E-state index contributed by atoms with van der Waals surface area (Å²) < 4.78 is 27.1. The van der Waals surface area contributed by atoms with Crippen LogP contribution in [-0.4, -0.2) is 41.0 Å². The normalized spacial score (nSPS) is 14.8. The number of anilines is 3. The molecule has 0 radical (unpaired) electrons. The van der Waals surface area contributed by atoms with Gasteiger partial charge in [-0.2, -0.15) is 4.98 Å². The maximum absolute atomic E-state index is 14.0. The summed E-state index contributed by atoms with van der Waals surface area (Å²) in [7, 11) is 0. The Morgan fingerprint density at radius 3 is 2.41 bits per heavy atom. The molecular formula is C22H23F2N5. The molecule has 1 saturated heterocycles. The molecule has 0 bridgehead atoms. The molecule has 7 heteroatoms. The van der Waals surface area contributed by atoms with Gasteiger partial charge in [-0.05, 0) is 24.6 Å². The summed E-state index contributed by atoms with van der Waals surface area (Å²) in [4.78, 5) is 13.6. The van der Waals surface area contributed by atoms with Crippen molar-refractivity contribution in [2.24, 2.45) is 0 Å². The van der Waals surface area contributed by atoms with E-state index in [-0.39, 0.29) is 5.69 Å². The number of hydrogen-bond acceptors (Lipinski definition) is 5. The molecule has 2 aromatic carbocycles. The van der Waals surface area contributed by atoms with Crippen molar-refractivity contribution in [3.05, 3.63) is 77.5 Å². The molecule has 150 valence electrons. The fourth-order valence-electron chi connectivity index (χ4n) is 3.43. The summed E-state index contributed by atoms with van der Waals surface area (Å²) >= 11 is 0. The number of aryl methyl sites for hydroxylation is 1. The maximum Gasteiger partial charge on any atom is 0.227 e. The Labute approximate surface area is 169 Å². The van der Waals surface area contributed by atoms with Crippen LogP contribution >= 0.6 is 0 Å². The Hall–Kier alpha value is -3.06. The largest absolute Gasteiger partial charge is 0.338 e. The number of nitrogens with one attached hydrogen (secondary N) is 1. The number of piperazine rings is 1. The molecule has 1 aliphatic rings. The Morgan fingerprint density at radius 1 is 0.931 bits per heavy atom. The SMILES string of the molecule is Cc1cc(Nc2ccc(F)cc2F)nc(N2CCN(Cc3ccccc3)CC2)n1. The minimum absolute atomic E-state index is 0.183. The van der Waals surface area contributed by atoms with E-state index in [1.54, 1.807) is 6.07 Å². The van der Waals surface area contributed by atoms with Crippen molar-refractivity contribution in [2.75, 3.05) is 36.4 Å². The summed E-state index contributed by atoms with van der Waals surface area (Å²) in [6, 6.07) is 15.6. The van der Waals surface area contributed by atoms with Crippen LogP contribution in [-0.2, 0) is 6.54 Å². The van der Waals surface area contributed by atoms with Gasteiger partial charge in [-0.25, -0.2) is 13.8 Å². The van der Waals surface area contributed by atoms with E-state index in [2.05, 4.69) is 49.4 Å². The predicted molar refractivity (Wildman–Crippen MR) is 110 cm³/mol. The average Bonchev–Trinajstić information content (AvgIpc) is 2.71. The highest BCUT2D eigenvalue weighted by molar-refractivity contribution is 5.58. The standard InChI is InChI=1S/C22H23F2N5/c1-16-13-21(26-20-8-7-18(23)14-19(20)24)27-22(25-16)29-11-9-28(10-12-29)15-17-5-3-2-4-6-17/h2-8,13-14H,9-12,15H2,1H3,(H,25,26,27). The van der Waals surface area contributed by atoms with Gasteiger partial charge in [0.15, 0.2) is 0 Å². The van der Waals surface area contributed by atoms with Gasteiger partial charge in [0, 0.05) is 50.6 Å². The zero-order chi connectivity index (χ0) is 20.2. The fourth-order valence-corrected chi connectivity index (χ4v) is 3.43. The van der Waals surface area contributed by atoms with E-state index in [0.29, 0.717) is 11.8 Å². The van der Waals surface area contributed by atoms with Crippen LogP contribution in [0.3, 0.4) is 0 Å². The lowest BCUT2D eigenvalue weighted by Gasteiger charge is -2.35. The molecule has 1 aliphatic heterocycles. The van der Waals surface area contributed by atoms with Crippen LogP contribution in [0.5, 0.6) is 0 Å². The van der Waals surface area contributed by atoms with E-state index in [4.69, 9.17) is 0 Å². The first-order valence-electron chi connectivity index (χ1n) is 9.66. The third-order valence-corrected chi connectivity index (χ3v) is 4.94. The van der Waals surface area contributed by atoms with E-state index < -0.39 is 11.6 Å². The second-order valence-electron chi connectivity index (χ2n) is 7.19. The van der Waals surface area contributed by atoms with Crippen molar-refractivity contribution in [2.45, 2.75) is 13.5 Å². The van der Waals surface area contributed by atoms with E-state index in [0.717, 1.165) is 44.5 Å². The van der Waals surface area contributed by atoms with Crippen LogP contribution in [0.1, 0.15) is 11.3 Å². The number of halogens is 2. The lowest BCUT2D eigenvalue weighted by atomic mass is 10.2. The maximum atomic E-state index is 14.0. The van der Waals surface area contributed by atoms with E-state index >= 15 is 0 Å². The van der Waals surface area contributed by atoms with Crippen LogP contribution < -0.4 is 10.2 Å². The van der Waals surface area contributed by atoms with E-state index in [9.17, 15) is 8.78 Å². The number of aromatic nitrogens is 2. The molecule has 29 heavy (non-hydrogen) atoms. The van der Waals surface area contributed by atoms with Crippen LogP contribution in [0.4, 0.5) is 26.2 Å². The highest BCUT2D eigenvalue weighted by atomic mass is 19.1. The summed E-state index contributed by atoms with van der Waals surface area (Å²) in [6.07, 6.45) is 0. The Balaban J connectivity index is 1.43. The van der Waals surface area contributed by atoms with Crippen molar-refractivity contribution in [1.29, 1.82) is 0 Å². The zero-order valence-electron chi connectivity index (χ0n) is 16.3. The average molecular weight is 395 g/mol. The van der Waals surface area contributed by atoms with Gasteiger partial charge in [0.1, 0.15) is 17.5 Å². The number of rotatable bonds is 5. The molecule has 1 aromatic heterocycles. The van der Waals surface area contributed by atoms with Crippen LogP contribution in [0, 0.1) is 18.6 Å². The van der Waals surface area contributed by atoms with Crippen molar-refractivity contribution < 1.29 is 8.78 Å². The summed E-state index contributed by atoms with van der Waals surface area (Å²) in [5, 5.41) is 2.93. The predicted octanol–water partition coefficient (Wildman–Crippen LogP) is 4.13. The van der Waals surface area contributed by atoms with Crippen LogP contribution in [0.2, 0.25) is 0 Å². The Kier molecular flexibility index (Phi) is 5.67. The van der Waals surface area contributed by atoms with Crippen LogP contribution in [0.15, 0.2) is 54.6 Å². The molecule has 0 unspecified atom stereocenters. The first-order valence-corrected chi connectivity index (χ1v) is 9.66. The van der Waals surface area contributed by atoms with Gasteiger partial charge < -0.3 is 10.2 Å². The third kappa shape index (κ3) is 4.86. The molecule has 0 spiro atoms. The molecular weight excluding hydrogens is 372 g/mol. The number of hydrogen-bond donors (Lipinski definition) is 1. The zero-order valence-corrected chi connectivity index (χ0v) is 16.3. The lowest BCUT2D eigenvalue weighted by Crippen LogP contribution is -2.46. The summed E-state index contributed by atoms with van der Waals surface area (Å²) in [6.45, 7) is 6.29. The van der Waals surface area contributed by atoms with Crippen LogP contribution in [0.25, 0.3) is 0 Å². The summed E-state index contributed by atoms with van der Waals surface area (Å²) in [5.74, 6) is -0.155. The minimum Gasteiger partial charge on any atom is -0.338 e. The molecule has 4 rings (SSSR count). The smallest absolute Gasteiger partial charge is 0.227 e.